The fourth-order valence-corrected chi connectivity index (χ4v) is 9.10. The molecule has 0 spiro atoms. The van der Waals surface area contributed by atoms with Crippen LogP contribution in [-0.2, 0) is 14.4 Å². The van der Waals surface area contributed by atoms with E-state index in [1.165, 1.54) is 56.7 Å². The first kappa shape index (κ1) is 25.1. The molecule has 0 unspecified atom stereocenters. The molecule has 0 aliphatic heterocycles. The molecule has 0 saturated carbocycles. The molecule has 0 aliphatic rings. The predicted octanol–water partition coefficient (Wildman–Crippen LogP) is 5.34. The van der Waals surface area contributed by atoms with Crippen molar-refractivity contribution in [2.75, 3.05) is 20.3 Å². The van der Waals surface area contributed by atoms with E-state index in [2.05, 4.69) is 25.5 Å². The van der Waals surface area contributed by atoms with Gasteiger partial charge in [-0.1, -0.05) is 59.3 Å². The minimum absolute atomic E-state index is 0.250. The summed E-state index contributed by atoms with van der Waals surface area (Å²) in [5.74, 6) is 0.640. The molecule has 0 aromatic heterocycles. The molecule has 1 rings (SSSR count). The molecule has 0 saturated heterocycles. The van der Waals surface area contributed by atoms with Crippen molar-refractivity contribution in [1.29, 1.82) is 0 Å². The van der Waals surface area contributed by atoms with Crippen molar-refractivity contribution in [2.24, 2.45) is 0 Å². The first-order chi connectivity index (χ1) is 13.4. The second kappa shape index (κ2) is 13.4. The average molecular weight is 430 g/mol. The van der Waals surface area contributed by atoms with Gasteiger partial charge in [0, 0.05) is 13.2 Å². The highest BCUT2D eigenvalue weighted by Gasteiger charge is 2.33. The van der Waals surface area contributed by atoms with Gasteiger partial charge < -0.3 is 9.16 Å². The molecule has 162 valence electrons. The van der Waals surface area contributed by atoms with Crippen molar-refractivity contribution in [1.82, 2.24) is 4.72 Å². The Morgan fingerprint density at radius 1 is 0.893 bits per heavy atom. The van der Waals surface area contributed by atoms with Gasteiger partial charge in [0.2, 0.25) is 10.0 Å². The maximum Gasteiger partial charge on any atom is 0.240 e. The van der Waals surface area contributed by atoms with Crippen LogP contribution in [-0.4, -0.2) is 37.0 Å². The summed E-state index contributed by atoms with van der Waals surface area (Å²) in [5, 5.41) is 0. The second-order valence-corrected chi connectivity index (χ2v) is 13.3. The van der Waals surface area contributed by atoms with Gasteiger partial charge in [-0.2, -0.15) is 0 Å². The molecule has 0 aliphatic carbocycles. The maximum absolute atomic E-state index is 12.5. The third-order valence-corrected chi connectivity index (χ3v) is 11.2. The van der Waals surface area contributed by atoms with Gasteiger partial charge in [-0.25, -0.2) is 13.1 Å². The summed E-state index contributed by atoms with van der Waals surface area (Å²) < 4.78 is 39.2. The molecule has 28 heavy (non-hydrogen) atoms. The number of hydrogen-bond acceptors (Lipinski definition) is 4. The van der Waals surface area contributed by atoms with Crippen LogP contribution in [0.3, 0.4) is 0 Å². The highest BCUT2D eigenvalue weighted by Crippen LogP contribution is 2.29. The number of hydrogen-bond donors (Lipinski definition) is 1. The van der Waals surface area contributed by atoms with Crippen molar-refractivity contribution < 1.29 is 17.6 Å². The zero-order valence-electron chi connectivity index (χ0n) is 18.1. The van der Waals surface area contributed by atoms with E-state index >= 15 is 0 Å². The van der Waals surface area contributed by atoms with Gasteiger partial charge in [0.15, 0.2) is 8.32 Å². The Bertz CT molecular complexity index is 613. The average Bonchev–Trinajstić information content (AvgIpc) is 2.72. The van der Waals surface area contributed by atoms with E-state index in [9.17, 15) is 8.42 Å². The number of sulfonamides is 1. The monoisotopic (exact) mass is 429 g/mol. The van der Waals surface area contributed by atoms with E-state index < -0.39 is 18.3 Å². The van der Waals surface area contributed by atoms with Gasteiger partial charge in [0.25, 0.3) is 0 Å². The van der Waals surface area contributed by atoms with E-state index in [4.69, 9.17) is 9.16 Å². The molecule has 7 heteroatoms. The zero-order valence-corrected chi connectivity index (χ0v) is 19.9. The number of rotatable bonds is 16. The van der Waals surface area contributed by atoms with Crippen LogP contribution in [0.4, 0.5) is 0 Å². The summed E-state index contributed by atoms with van der Waals surface area (Å²) in [6.07, 6.45) is 7.16. The first-order valence-corrected chi connectivity index (χ1v) is 14.7. The number of nitrogens with one attached hydrogen (secondary N) is 1. The summed E-state index contributed by atoms with van der Waals surface area (Å²) >= 11 is 0. The quantitative estimate of drug-likeness (QED) is 0.285. The summed E-state index contributed by atoms with van der Waals surface area (Å²) in [7, 11) is -3.76. The van der Waals surface area contributed by atoms with Crippen LogP contribution in [0.25, 0.3) is 0 Å². The van der Waals surface area contributed by atoms with Crippen LogP contribution in [0, 0.1) is 0 Å². The van der Waals surface area contributed by atoms with E-state index in [1.54, 1.807) is 31.4 Å². The van der Waals surface area contributed by atoms with Gasteiger partial charge in [0.1, 0.15) is 5.75 Å². The van der Waals surface area contributed by atoms with Crippen LogP contribution >= 0.6 is 0 Å². The Balaban J connectivity index is 2.67. The molecule has 0 fully saturated rings. The lowest BCUT2D eigenvalue weighted by Crippen LogP contribution is -2.40. The van der Waals surface area contributed by atoms with E-state index in [0.29, 0.717) is 18.9 Å². The number of benzene rings is 1. The smallest absolute Gasteiger partial charge is 0.240 e. The topological polar surface area (TPSA) is 64.6 Å². The number of ether oxygens (including phenoxy) is 1. The molecule has 0 amide bonds. The zero-order chi connectivity index (χ0) is 20.9. The van der Waals surface area contributed by atoms with Crippen molar-refractivity contribution in [3.8, 4) is 5.75 Å². The number of unbranched alkanes of at least 4 members (excludes halogenated alkanes) is 3. The van der Waals surface area contributed by atoms with Crippen LogP contribution in [0.2, 0.25) is 18.1 Å². The molecule has 1 aromatic carbocycles. The SMILES string of the molecule is CCCC[Si](CCCC)(CCCC)OCCNS(=O)(=O)c1ccc(OC)cc1. The largest absolute Gasteiger partial charge is 0.497 e. The minimum atomic E-state index is -3.52. The van der Waals surface area contributed by atoms with Gasteiger partial charge in [-0.05, 0) is 42.4 Å². The van der Waals surface area contributed by atoms with E-state index in [1.807, 2.05) is 0 Å². The first-order valence-electron chi connectivity index (χ1n) is 10.7. The number of methoxy groups -OCH3 is 1. The van der Waals surface area contributed by atoms with Crippen LogP contribution in [0.15, 0.2) is 29.2 Å². The lowest BCUT2D eigenvalue weighted by atomic mass is 10.3. The maximum atomic E-state index is 12.5. The minimum Gasteiger partial charge on any atom is -0.497 e. The van der Waals surface area contributed by atoms with Gasteiger partial charge in [-0.3, -0.25) is 0 Å². The van der Waals surface area contributed by atoms with Crippen molar-refractivity contribution in [3.63, 3.8) is 0 Å². The molecule has 5 nitrogen and oxygen atoms in total. The van der Waals surface area contributed by atoms with Crippen molar-refractivity contribution >= 4 is 18.3 Å². The standard InChI is InChI=1S/C21H39NO4SSi/c1-5-8-17-28(18-9-6-2,19-10-7-3)26-16-15-22-27(23,24)21-13-11-20(25-4)12-14-21/h11-14,22H,5-10,15-19H2,1-4H3. The van der Waals surface area contributed by atoms with Crippen molar-refractivity contribution in [3.05, 3.63) is 24.3 Å². The Labute approximate surface area is 173 Å². The molecular weight excluding hydrogens is 390 g/mol. The molecule has 0 atom stereocenters. The summed E-state index contributed by atoms with van der Waals surface area (Å²) in [5.41, 5.74) is 0. The van der Waals surface area contributed by atoms with Gasteiger partial charge in [0.05, 0.1) is 12.0 Å². The molecule has 0 radical (unpaired) electrons. The van der Waals surface area contributed by atoms with E-state index in [-0.39, 0.29) is 4.90 Å². The Morgan fingerprint density at radius 3 is 1.82 bits per heavy atom. The molecule has 0 bridgehead atoms. The lowest BCUT2D eigenvalue weighted by molar-refractivity contribution is 0.298. The summed E-state index contributed by atoms with van der Waals surface area (Å²) in [6.45, 7) is 7.44. The highest BCUT2D eigenvalue weighted by atomic mass is 32.2. The highest BCUT2D eigenvalue weighted by molar-refractivity contribution is 7.89. The lowest BCUT2D eigenvalue weighted by Gasteiger charge is -2.32. The second-order valence-electron chi connectivity index (χ2n) is 7.42. The Hall–Kier alpha value is -0.893. The van der Waals surface area contributed by atoms with Gasteiger partial charge in [-0.15, -0.1) is 0 Å². The van der Waals surface area contributed by atoms with Crippen LogP contribution < -0.4 is 9.46 Å². The predicted molar refractivity (Wildman–Crippen MR) is 119 cm³/mol. The Kier molecular flexibility index (Phi) is 12.0. The summed E-state index contributed by atoms with van der Waals surface area (Å²) in [4.78, 5) is 0.250. The summed E-state index contributed by atoms with van der Waals surface area (Å²) in [6, 6.07) is 10.0. The normalized spacial score (nSPS) is 12.3. The van der Waals surface area contributed by atoms with Gasteiger partial charge >= 0.3 is 0 Å². The molecule has 1 N–H and O–H groups in total. The third-order valence-electron chi connectivity index (χ3n) is 5.13. The molecule has 0 heterocycles. The fraction of sp³-hybridized carbons (Fsp3) is 0.714. The fourth-order valence-electron chi connectivity index (χ4n) is 3.37. The van der Waals surface area contributed by atoms with Crippen LogP contribution in [0.5, 0.6) is 5.75 Å². The van der Waals surface area contributed by atoms with E-state index in [0.717, 1.165) is 0 Å². The molecular formula is C21H39NO4SSi. The third kappa shape index (κ3) is 8.63. The van der Waals surface area contributed by atoms with Crippen molar-refractivity contribution in [2.45, 2.75) is 82.3 Å². The molecule has 1 aromatic rings. The Morgan fingerprint density at radius 2 is 1.39 bits per heavy atom. The van der Waals surface area contributed by atoms with Crippen LogP contribution in [0.1, 0.15) is 59.3 Å².